The average molecular weight is 310 g/mol. The van der Waals surface area contributed by atoms with Crippen LogP contribution in [0.15, 0.2) is 23.1 Å². The van der Waals surface area contributed by atoms with Gasteiger partial charge < -0.3 is 5.11 Å². The summed E-state index contributed by atoms with van der Waals surface area (Å²) >= 11 is 0. The summed E-state index contributed by atoms with van der Waals surface area (Å²) in [6.45, 7) is 3.29. The van der Waals surface area contributed by atoms with E-state index in [0.29, 0.717) is 24.0 Å². The van der Waals surface area contributed by atoms with Gasteiger partial charge in [-0.3, -0.25) is 4.79 Å². The van der Waals surface area contributed by atoms with Crippen molar-refractivity contribution in [3.05, 3.63) is 29.3 Å². The topological polar surface area (TPSA) is 107 Å². The first-order valence-corrected chi connectivity index (χ1v) is 8.03. The number of sulfonamides is 1. The highest BCUT2D eigenvalue weighted by molar-refractivity contribution is 7.89. The summed E-state index contributed by atoms with van der Waals surface area (Å²) in [4.78, 5) is 11.1. The van der Waals surface area contributed by atoms with Crippen molar-refractivity contribution in [2.45, 2.75) is 31.6 Å². The summed E-state index contributed by atoms with van der Waals surface area (Å²) < 4.78 is 26.7. The van der Waals surface area contributed by atoms with Crippen LogP contribution in [0.5, 0.6) is 0 Å². The number of rotatable bonds is 7. The number of carboxylic acid groups (broad SMARTS) is 1. The van der Waals surface area contributed by atoms with Gasteiger partial charge in [0.25, 0.3) is 0 Å². The zero-order valence-corrected chi connectivity index (χ0v) is 12.8. The monoisotopic (exact) mass is 310 g/mol. The van der Waals surface area contributed by atoms with Gasteiger partial charge in [-0.2, -0.15) is 5.26 Å². The van der Waals surface area contributed by atoms with Crippen molar-refractivity contribution < 1.29 is 18.3 Å². The van der Waals surface area contributed by atoms with Crippen LogP contribution in [0.3, 0.4) is 0 Å². The SMILES string of the molecule is CCCC(CNS(=O)(=O)c1ccc(C#N)cc1C)C(=O)O. The fourth-order valence-corrected chi connectivity index (χ4v) is 3.28. The van der Waals surface area contributed by atoms with Crippen LogP contribution < -0.4 is 4.72 Å². The summed E-state index contributed by atoms with van der Waals surface area (Å²) in [5.74, 6) is -1.76. The van der Waals surface area contributed by atoms with E-state index in [9.17, 15) is 13.2 Å². The molecule has 0 aliphatic rings. The van der Waals surface area contributed by atoms with E-state index < -0.39 is 21.9 Å². The van der Waals surface area contributed by atoms with Crippen molar-refractivity contribution in [1.82, 2.24) is 4.72 Å². The number of carbonyl (C=O) groups is 1. The molecule has 1 aromatic rings. The molecule has 1 unspecified atom stereocenters. The molecular weight excluding hydrogens is 292 g/mol. The van der Waals surface area contributed by atoms with E-state index in [1.165, 1.54) is 18.2 Å². The van der Waals surface area contributed by atoms with Crippen LogP contribution in [0.2, 0.25) is 0 Å². The van der Waals surface area contributed by atoms with Gasteiger partial charge in [-0.15, -0.1) is 0 Å². The number of benzene rings is 1. The Morgan fingerprint density at radius 3 is 2.62 bits per heavy atom. The second-order valence-corrected chi connectivity index (χ2v) is 6.50. The van der Waals surface area contributed by atoms with Crippen LogP contribution in [-0.4, -0.2) is 26.0 Å². The van der Waals surface area contributed by atoms with Gasteiger partial charge in [-0.25, -0.2) is 13.1 Å². The summed E-state index contributed by atoms with van der Waals surface area (Å²) in [5.41, 5.74) is 0.824. The van der Waals surface area contributed by atoms with Crippen molar-refractivity contribution >= 4 is 16.0 Å². The van der Waals surface area contributed by atoms with E-state index >= 15 is 0 Å². The predicted octanol–water partition coefficient (Wildman–Crippen LogP) is 1.65. The maximum atomic E-state index is 12.2. The van der Waals surface area contributed by atoms with E-state index in [0.717, 1.165) is 0 Å². The first-order chi connectivity index (χ1) is 9.81. The summed E-state index contributed by atoms with van der Waals surface area (Å²) in [6, 6.07) is 6.19. The number of nitriles is 1. The van der Waals surface area contributed by atoms with Crippen LogP contribution in [0.25, 0.3) is 0 Å². The fourth-order valence-electron chi connectivity index (χ4n) is 1.97. The lowest BCUT2D eigenvalue weighted by Crippen LogP contribution is -2.33. The third-order valence-electron chi connectivity index (χ3n) is 3.10. The molecule has 0 heterocycles. The molecule has 0 radical (unpaired) electrons. The zero-order chi connectivity index (χ0) is 16.0. The minimum atomic E-state index is -3.79. The largest absolute Gasteiger partial charge is 0.481 e. The number of nitrogens with zero attached hydrogens (tertiary/aromatic N) is 1. The summed E-state index contributed by atoms with van der Waals surface area (Å²) in [7, 11) is -3.79. The molecule has 0 spiro atoms. The van der Waals surface area contributed by atoms with E-state index in [-0.39, 0.29) is 11.4 Å². The van der Waals surface area contributed by atoms with Crippen LogP contribution >= 0.6 is 0 Å². The van der Waals surface area contributed by atoms with Gasteiger partial charge in [0.05, 0.1) is 22.4 Å². The molecule has 0 aliphatic heterocycles. The fraction of sp³-hybridized carbons (Fsp3) is 0.429. The van der Waals surface area contributed by atoms with E-state index in [1.807, 2.05) is 13.0 Å². The molecule has 114 valence electrons. The number of aryl methyl sites for hydroxylation is 1. The second kappa shape index (κ2) is 7.20. The predicted molar refractivity (Wildman–Crippen MR) is 77.1 cm³/mol. The Balaban J connectivity index is 2.92. The minimum absolute atomic E-state index is 0.0575. The van der Waals surface area contributed by atoms with Gasteiger partial charge in [0.1, 0.15) is 0 Å². The zero-order valence-electron chi connectivity index (χ0n) is 12.0. The molecule has 2 N–H and O–H groups in total. The Hall–Kier alpha value is -1.91. The molecule has 1 rings (SSSR count). The second-order valence-electron chi connectivity index (χ2n) is 4.77. The Kier molecular flexibility index (Phi) is 5.88. The maximum Gasteiger partial charge on any atom is 0.307 e. The normalized spacial score (nSPS) is 12.6. The van der Waals surface area contributed by atoms with Crippen LogP contribution in [0.4, 0.5) is 0 Å². The number of aliphatic carboxylic acids is 1. The average Bonchev–Trinajstić information content (AvgIpc) is 2.42. The summed E-state index contributed by atoms with van der Waals surface area (Å²) in [5, 5.41) is 17.8. The number of nitrogens with one attached hydrogen (secondary N) is 1. The van der Waals surface area contributed by atoms with Crippen molar-refractivity contribution in [3.63, 3.8) is 0 Å². The lowest BCUT2D eigenvalue weighted by atomic mass is 10.1. The molecule has 0 bridgehead atoms. The molecule has 0 saturated heterocycles. The lowest BCUT2D eigenvalue weighted by Gasteiger charge is -2.14. The van der Waals surface area contributed by atoms with Crippen molar-refractivity contribution in [1.29, 1.82) is 5.26 Å². The quantitative estimate of drug-likeness (QED) is 0.796. The first-order valence-electron chi connectivity index (χ1n) is 6.55. The Morgan fingerprint density at radius 2 is 2.14 bits per heavy atom. The molecular formula is C14H18N2O4S. The third kappa shape index (κ3) is 4.55. The van der Waals surface area contributed by atoms with Gasteiger partial charge in [-0.05, 0) is 37.1 Å². The molecule has 0 amide bonds. The Morgan fingerprint density at radius 1 is 1.48 bits per heavy atom. The van der Waals surface area contributed by atoms with Crippen LogP contribution in [-0.2, 0) is 14.8 Å². The van der Waals surface area contributed by atoms with Crippen molar-refractivity contribution in [2.75, 3.05) is 6.54 Å². The van der Waals surface area contributed by atoms with Gasteiger partial charge >= 0.3 is 5.97 Å². The lowest BCUT2D eigenvalue weighted by molar-refractivity contribution is -0.141. The molecule has 0 aliphatic carbocycles. The highest BCUT2D eigenvalue weighted by Crippen LogP contribution is 2.17. The smallest absolute Gasteiger partial charge is 0.307 e. The van der Waals surface area contributed by atoms with Gasteiger partial charge in [0.2, 0.25) is 10.0 Å². The van der Waals surface area contributed by atoms with E-state index in [1.54, 1.807) is 6.92 Å². The molecule has 0 saturated carbocycles. The molecule has 1 aromatic carbocycles. The third-order valence-corrected chi connectivity index (χ3v) is 4.68. The molecule has 7 heteroatoms. The molecule has 0 fully saturated rings. The number of carboxylic acids is 1. The summed E-state index contributed by atoms with van der Waals surface area (Å²) in [6.07, 6.45) is 1.07. The van der Waals surface area contributed by atoms with Gasteiger partial charge in [0, 0.05) is 6.54 Å². The first kappa shape index (κ1) is 17.1. The molecule has 0 aromatic heterocycles. The molecule has 21 heavy (non-hydrogen) atoms. The molecule has 1 atom stereocenters. The highest BCUT2D eigenvalue weighted by atomic mass is 32.2. The van der Waals surface area contributed by atoms with Gasteiger partial charge in [-0.1, -0.05) is 13.3 Å². The van der Waals surface area contributed by atoms with Crippen LogP contribution in [0.1, 0.15) is 30.9 Å². The van der Waals surface area contributed by atoms with Crippen LogP contribution in [0, 0.1) is 24.2 Å². The maximum absolute atomic E-state index is 12.2. The van der Waals surface area contributed by atoms with Gasteiger partial charge in [0.15, 0.2) is 0 Å². The highest BCUT2D eigenvalue weighted by Gasteiger charge is 2.22. The van der Waals surface area contributed by atoms with Crippen molar-refractivity contribution in [2.24, 2.45) is 5.92 Å². The minimum Gasteiger partial charge on any atom is -0.481 e. The number of hydrogen-bond donors (Lipinski definition) is 2. The van der Waals surface area contributed by atoms with E-state index in [4.69, 9.17) is 10.4 Å². The van der Waals surface area contributed by atoms with Crippen molar-refractivity contribution in [3.8, 4) is 6.07 Å². The number of hydrogen-bond acceptors (Lipinski definition) is 4. The Bertz CT molecular complexity index is 662. The Labute approximate surface area is 124 Å². The van der Waals surface area contributed by atoms with E-state index in [2.05, 4.69) is 4.72 Å². The molecule has 6 nitrogen and oxygen atoms in total. The standard InChI is InChI=1S/C14H18N2O4S/c1-3-4-12(14(17)18)9-16-21(19,20)13-6-5-11(8-15)7-10(13)2/h5-7,12,16H,3-4,9H2,1-2H3,(H,17,18).